The first-order chi connectivity index (χ1) is 9.49. The molecule has 0 aliphatic heterocycles. The quantitative estimate of drug-likeness (QED) is 0.929. The van der Waals surface area contributed by atoms with Crippen LogP contribution in [-0.2, 0) is 0 Å². The van der Waals surface area contributed by atoms with E-state index in [9.17, 15) is 9.90 Å². The van der Waals surface area contributed by atoms with Gasteiger partial charge in [-0.1, -0.05) is 0 Å². The molecule has 0 atom stereocenters. The minimum atomic E-state index is -0.124. The van der Waals surface area contributed by atoms with Crippen molar-refractivity contribution in [1.29, 1.82) is 0 Å². The van der Waals surface area contributed by atoms with Crippen molar-refractivity contribution in [2.75, 3.05) is 30.9 Å². The number of hydrogen-bond donors (Lipinski definition) is 1. The number of aromatic hydroxyl groups is 1. The lowest BCUT2D eigenvalue weighted by molar-refractivity contribution is 0.0993. The first kappa shape index (κ1) is 13.9. The van der Waals surface area contributed by atoms with Gasteiger partial charge in [-0.25, -0.2) is 4.98 Å². The van der Waals surface area contributed by atoms with E-state index in [0.717, 1.165) is 11.5 Å². The lowest BCUT2D eigenvalue weighted by atomic mass is 10.2. The Morgan fingerprint density at radius 3 is 2.35 bits per heavy atom. The molecule has 1 aromatic carbocycles. The summed E-state index contributed by atoms with van der Waals surface area (Å²) in [5.41, 5.74) is 1.29. The largest absolute Gasteiger partial charge is 0.508 e. The van der Waals surface area contributed by atoms with E-state index in [-0.39, 0.29) is 11.7 Å². The second kappa shape index (κ2) is 5.61. The predicted molar refractivity (Wildman–Crippen MR) is 79.4 cm³/mol. The van der Waals surface area contributed by atoms with Crippen LogP contribution in [0.5, 0.6) is 5.75 Å². The van der Waals surface area contributed by atoms with Crippen molar-refractivity contribution in [3.8, 4) is 5.75 Å². The molecule has 0 fully saturated rings. The Balaban J connectivity index is 2.26. The molecular formula is C15H17N3O2. The van der Waals surface area contributed by atoms with Gasteiger partial charge in [-0.05, 0) is 36.4 Å². The van der Waals surface area contributed by atoms with Gasteiger partial charge in [0.25, 0.3) is 5.91 Å². The maximum absolute atomic E-state index is 12.4. The highest BCUT2D eigenvalue weighted by Gasteiger charge is 2.14. The minimum Gasteiger partial charge on any atom is -0.508 e. The number of nitrogens with zero attached hydrogens (tertiary/aromatic N) is 3. The van der Waals surface area contributed by atoms with Crippen LogP contribution in [-0.4, -0.2) is 37.1 Å². The smallest absolute Gasteiger partial charge is 0.258 e. The number of amides is 1. The number of hydrogen-bond acceptors (Lipinski definition) is 4. The molecule has 0 unspecified atom stereocenters. The molecule has 5 heteroatoms. The van der Waals surface area contributed by atoms with Gasteiger partial charge in [0.15, 0.2) is 0 Å². The van der Waals surface area contributed by atoms with Gasteiger partial charge in [0, 0.05) is 38.6 Å². The van der Waals surface area contributed by atoms with Crippen LogP contribution in [0, 0.1) is 0 Å². The SMILES string of the molecule is CN(C)c1cc(C(=O)N(C)c2ccc(O)cc2)ccn1. The number of phenols is 1. The monoisotopic (exact) mass is 271 g/mol. The third-order valence-electron chi connectivity index (χ3n) is 2.99. The number of benzene rings is 1. The lowest BCUT2D eigenvalue weighted by Crippen LogP contribution is -2.26. The fourth-order valence-electron chi connectivity index (χ4n) is 1.78. The van der Waals surface area contributed by atoms with Crippen molar-refractivity contribution in [3.63, 3.8) is 0 Å². The van der Waals surface area contributed by atoms with Gasteiger partial charge in [0.1, 0.15) is 11.6 Å². The maximum Gasteiger partial charge on any atom is 0.258 e. The topological polar surface area (TPSA) is 56.7 Å². The number of anilines is 2. The van der Waals surface area contributed by atoms with E-state index < -0.39 is 0 Å². The molecule has 2 aromatic rings. The summed E-state index contributed by atoms with van der Waals surface area (Å²) in [4.78, 5) is 20.0. The van der Waals surface area contributed by atoms with E-state index in [1.54, 1.807) is 49.6 Å². The molecule has 0 radical (unpaired) electrons. The average molecular weight is 271 g/mol. The Bertz CT molecular complexity index is 609. The van der Waals surface area contributed by atoms with Gasteiger partial charge in [0.2, 0.25) is 0 Å². The van der Waals surface area contributed by atoms with Crippen LogP contribution in [0.15, 0.2) is 42.6 Å². The van der Waals surface area contributed by atoms with Gasteiger partial charge in [-0.3, -0.25) is 4.79 Å². The molecular weight excluding hydrogens is 254 g/mol. The number of carbonyl (C=O) groups is 1. The van der Waals surface area contributed by atoms with E-state index in [1.165, 1.54) is 4.90 Å². The van der Waals surface area contributed by atoms with Gasteiger partial charge < -0.3 is 14.9 Å². The number of pyridine rings is 1. The molecule has 0 bridgehead atoms. The third-order valence-corrected chi connectivity index (χ3v) is 2.99. The third kappa shape index (κ3) is 2.88. The number of aromatic nitrogens is 1. The zero-order valence-electron chi connectivity index (χ0n) is 11.7. The summed E-state index contributed by atoms with van der Waals surface area (Å²) in [6.07, 6.45) is 1.62. The molecule has 0 aliphatic carbocycles. The summed E-state index contributed by atoms with van der Waals surface area (Å²) in [6, 6.07) is 9.93. The highest BCUT2D eigenvalue weighted by molar-refractivity contribution is 6.06. The Morgan fingerprint density at radius 2 is 1.75 bits per heavy atom. The van der Waals surface area contributed by atoms with Crippen molar-refractivity contribution < 1.29 is 9.90 Å². The van der Waals surface area contributed by atoms with Crippen LogP contribution < -0.4 is 9.80 Å². The number of phenolic OH excluding ortho intramolecular Hbond substituents is 1. The Morgan fingerprint density at radius 1 is 1.10 bits per heavy atom. The fourth-order valence-corrected chi connectivity index (χ4v) is 1.78. The molecule has 1 heterocycles. The van der Waals surface area contributed by atoms with Gasteiger partial charge >= 0.3 is 0 Å². The predicted octanol–water partition coefficient (Wildman–Crippen LogP) is 2.13. The lowest BCUT2D eigenvalue weighted by Gasteiger charge is -2.18. The zero-order valence-corrected chi connectivity index (χ0v) is 11.7. The van der Waals surface area contributed by atoms with E-state index >= 15 is 0 Å². The fraction of sp³-hybridized carbons (Fsp3) is 0.200. The maximum atomic E-state index is 12.4. The van der Waals surface area contributed by atoms with Crippen LogP contribution in [0.1, 0.15) is 10.4 Å². The molecule has 5 nitrogen and oxygen atoms in total. The van der Waals surface area contributed by atoms with Gasteiger partial charge in [-0.2, -0.15) is 0 Å². The van der Waals surface area contributed by atoms with E-state index in [0.29, 0.717) is 5.56 Å². The summed E-state index contributed by atoms with van der Waals surface area (Å²) < 4.78 is 0. The molecule has 0 aliphatic rings. The van der Waals surface area contributed by atoms with E-state index in [2.05, 4.69) is 4.98 Å². The molecule has 0 spiro atoms. The summed E-state index contributed by atoms with van der Waals surface area (Å²) in [5.74, 6) is 0.782. The van der Waals surface area contributed by atoms with Crippen LogP contribution in [0.4, 0.5) is 11.5 Å². The molecule has 0 saturated heterocycles. The Labute approximate surface area is 118 Å². The van der Waals surface area contributed by atoms with Gasteiger partial charge in [0.05, 0.1) is 0 Å². The second-order valence-electron chi connectivity index (χ2n) is 4.68. The first-order valence-electron chi connectivity index (χ1n) is 6.19. The number of carbonyl (C=O) groups excluding carboxylic acids is 1. The molecule has 0 saturated carbocycles. The Hall–Kier alpha value is -2.56. The first-order valence-corrected chi connectivity index (χ1v) is 6.19. The van der Waals surface area contributed by atoms with Crippen molar-refractivity contribution >= 4 is 17.4 Å². The highest BCUT2D eigenvalue weighted by atomic mass is 16.3. The van der Waals surface area contributed by atoms with Crippen LogP contribution in [0.2, 0.25) is 0 Å². The van der Waals surface area contributed by atoms with Gasteiger partial charge in [-0.15, -0.1) is 0 Å². The van der Waals surface area contributed by atoms with Crippen molar-refractivity contribution in [2.45, 2.75) is 0 Å². The summed E-state index contributed by atoms with van der Waals surface area (Å²) in [7, 11) is 5.45. The molecule has 20 heavy (non-hydrogen) atoms. The van der Waals surface area contributed by atoms with Crippen LogP contribution >= 0.6 is 0 Å². The van der Waals surface area contributed by atoms with Crippen molar-refractivity contribution in [3.05, 3.63) is 48.2 Å². The highest BCUT2D eigenvalue weighted by Crippen LogP contribution is 2.20. The molecule has 104 valence electrons. The van der Waals surface area contributed by atoms with Crippen LogP contribution in [0.25, 0.3) is 0 Å². The normalized spacial score (nSPS) is 10.2. The zero-order chi connectivity index (χ0) is 14.7. The van der Waals surface area contributed by atoms with E-state index in [1.807, 2.05) is 19.0 Å². The standard InChI is InChI=1S/C15H17N3O2/c1-17(2)14-10-11(8-9-16-14)15(20)18(3)12-4-6-13(19)7-5-12/h4-10,19H,1-3H3. The van der Waals surface area contributed by atoms with Crippen molar-refractivity contribution in [1.82, 2.24) is 4.98 Å². The summed E-state index contributed by atoms with van der Waals surface area (Å²) in [6.45, 7) is 0. The molecule has 1 N–H and O–H groups in total. The number of rotatable bonds is 3. The average Bonchev–Trinajstić information content (AvgIpc) is 2.46. The molecule has 2 rings (SSSR count). The Kier molecular flexibility index (Phi) is 3.89. The second-order valence-corrected chi connectivity index (χ2v) is 4.68. The minimum absolute atomic E-state index is 0.124. The van der Waals surface area contributed by atoms with Crippen molar-refractivity contribution in [2.24, 2.45) is 0 Å². The summed E-state index contributed by atoms with van der Waals surface area (Å²) >= 11 is 0. The molecule has 1 amide bonds. The molecule has 1 aromatic heterocycles. The summed E-state index contributed by atoms with van der Waals surface area (Å²) in [5, 5.41) is 9.27. The van der Waals surface area contributed by atoms with E-state index in [4.69, 9.17) is 0 Å². The van der Waals surface area contributed by atoms with Crippen LogP contribution in [0.3, 0.4) is 0 Å².